The minimum Gasteiger partial charge on any atom is -0.150 e. The second-order valence-corrected chi connectivity index (χ2v) is 6.13. The molecule has 0 bridgehead atoms. The smallest absolute Gasteiger partial charge is 0.102 e. The monoisotopic (exact) mass is 310 g/mol. The van der Waals surface area contributed by atoms with E-state index in [4.69, 9.17) is 0 Å². The third kappa shape index (κ3) is 2.46. The fourth-order valence-electron chi connectivity index (χ4n) is 3.22. The number of rotatable bonds is 2. The summed E-state index contributed by atoms with van der Waals surface area (Å²) in [5, 5.41) is 10.2. The van der Waals surface area contributed by atoms with Crippen LogP contribution in [0.2, 0.25) is 0 Å². The molecule has 24 heavy (non-hydrogen) atoms. The van der Waals surface area contributed by atoms with Gasteiger partial charge in [-0.3, -0.25) is 0 Å². The zero-order valence-corrected chi connectivity index (χ0v) is 13.8. The summed E-state index contributed by atoms with van der Waals surface area (Å²) in [5.74, 6) is 0. The Morgan fingerprint density at radius 3 is 2.25 bits per heavy atom. The Kier molecular flexibility index (Phi) is 3.58. The van der Waals surface area contributed by atoms with Gasteiger partial charge in [-0.25, -0.2) is 0 Å². The molecule has 116 valence electrons. The highest BCUT2D eigenvalue weighted by Crippen LogP contribution is 2.36. The number of aromatic nitrogens is 2. The first-order valence-corrected chi connectivity index (χ1v) is 8.12. The Morgan fingerprint density at radius 1 is 0.708 bits per heavy atom. The third-order valence-electron chi connectivity index (χ3n) is 4.37. The summed E-state index contributed by atoms with van der Waals surface area (Å²) >= 11 is 0. The molecular formula is C22H18N2. The third-order valence-corrected chi connectivity index (χ3v) is 4.37. The molecule has 0 saturated carbocycles. The highest BCUT2D eigenvalue weighted by atomic mass is 15.1. The lowest BCUT2D eigenvalue weighted by Crippen LogP contribution is -1.96. The van der Waals surface area contributed by atoms with Crippen molar-refractivity contribution in [1.29, 1.82) is 0 Å². The van der Waals surface area contributed by atoms with E-state index >= 15 is 0 Å². The molecule has 0 radical (unpaired) electrons. The topological polar surface area (TPSA) is 25.8 Å². The van der Waals surface area contributed by atoms with Gasteiger partial charge in [0.1, 0.15) is 5.69 Å². The van der Waals surface area contributed by atoms with Crippen molar-refractivity contribution < 1.29 is 0 Å². The summed E-state index contributed by atoms with van der Waals surface area (Å²) in [6.45, 7) is 4.24. The largest absolute Gasteiger partial charge is 0.150 e. The van der Waals surface area contributed by atoms with Crippen LogP contribution in [0.4, 0.5) is 0 Å². The lowest BCUT2D eigenvalue weighted by atomic mass is 9.93. The Hall–Kier alpha value is -3.00. The van der Waals surface area contributed by atoms with Gasteiger partial charge in [-0.1, -0.05) is 72.3 Å². The van der Waals surface area contributed by atoms with E-state index in [1.165, 1.54) is 16.7 Å². The summed E-state index contributed by atoms with van der Waals surface area (Å²) in [5.41, 5.74) is 7.79. The molecule has 1 aromatic heterocycles. The van der Waals surface area contributed by atoms with E-state index in [0.717, 1.165) is 27.7 Å². The SMILES string of the molecule is Cc1ccc(-c2nnc3ccccc3c2-c2ccccc2)c(C)c1. The normalized spacial score (nSPS) is 10.9. The molecule has 0 fully saturated rings. The van der Waals surface area contributed by atoms with Gasteiger partial charge in [0.05, 0.1) is 5.52 Å². The van der Waals surface area contributed by atoms with Gasteiger partial charge in [-0.15, -0.1) is 10.2 Å². The molecule has 0 saturated heterocycles. The molecule has 2 nitrogen and oxygen atoms in total. The van der Waals surface area contributed by atoms with E-state index in [1.807, 2.05) is 18.2 Å². The van der Waals surface area contributed by atoms with E-state index in [2.05, 4.69) is 78.6 Å². The Bertz CT molecular complexity index is 1020. The molecule has 0 atom stereocenters. The average molecular weight is 310 g/mol. The average Bonchev–Trinajstić information content (AvgIpc) is 2.62. The van der Waals surface area contributed by atoms with Crippen LogP contribution < -0.4 is 0 Å². The maximum Gasteiger partial charge on any atom is 0.102 e. The Labute approximate surface area is 141 Å². The molecule has 4 rings (SSSR count). The second kappa shape index (κ2) is 5.89. The van der Waals surface area contributed by atoms with Crippen LogP contribution in [0.15, 0.2) is 72.8 Å². The van der Waals surface area contributed by atoms with Crippen LogP contribution in [0.5, 0.6) is 0 Å². The number of nitrogens with zero attached hydrogens (tertiary/aromatic N) is 2. The van der Waals surface area contributed by atoms with Crippen molar-refractivity contribution in [1.82, 2.24) is 10.2 Å². The highest BCUT2D eigenvalue weighted by molar-refractivity contribution is 6.00. The number of hydrogen-bond donors (Lipinski definition) is 0. The second-order valence-electron chi connectivity index (χ2n) is 6.13. The standard InChI is InChI=1S/C22H18N2/c1-15-12-13-18(16(2)14-15)22-21(17-8-4-3-5-9-17)19-10-6-7-11-20(19)23-24-22/h3-14H,1-2H3. The molecule has 0 aliphatic heterocycles. The van der Waals surface area contributed by atoms with Crippen LogP contribution in [-0.4, -0.2) is 10.2 Å². The summed E-state index contributed by atoms with van der Waals surface area (Å²) < 4.78 is 0. The Morgan fingerprint density at radius 2 is 1.46 bits per heavy atom. The first-order valence-electron chi connectivity index (χ1n) is 8.12. The van der Waals surface area contributed by atoms with Gasteiger partial charge < -0.3 is 0 Å². The van der Waals surface area contributed by atoms with Crippen LogP contribution in [-0.2, 0) is 0 Å². The zero-order valence-electron chi connectivity index (χ0n) is 13.8. The van der Waals surface area contributed by atoms with Crippen LogP contribution in [0.25, 0.3) is 33.3 Å². The number of aryl methyl sites for hydroxylation is 2. The molecule has 4 aromatic rings. The van der Waals surface area contributed by atoms with E-state index in [0.29, 0.717) is 0 Å². The van der Waals surface area contributed by atoms with Crippen LogP contribution in [0.1, 0.15) is 11.1 Å². The van der Waals surface area contributed by atoms with Crippen LogP contribution >= 0.6 is 0 Å². The molecule has 0 aliphatic rings. The summed E-state index contributed by atoms with van der Waals surface area (Å²) in [6.07, 6.45) is 0. The molecular weight excluding hydrogens is 292 g/mol. The van der Waals surface area contributed by atoms with E-state index in [1.54, 1.807) is 0 Å². The molecule has 2 heteroatoms. The highest BCUT2D eigenvalue weighted by Gasteiger charge is 2.15. The van der Waals surface area contributed by atoms with Gasteiger partial charge in [0.2, 0.25) is 0 Å². The van der Waals surface area contributed by atoms with E-state index in [9.17, 15) is 0 Å². The van der Waals surface area contributed by atoms with Crippen molar-refractivity contribution in [2.45, 2.75) is 13.8 Å². The Balaban J connectivity index is 2.09. The fraction of sp³-hybridized carbons (Fsp3) is 0.0909. The lowest BCUT2D eigenvalue weighted by Gasteiger charge is -2.14. The summed E-state index contributed by atoms with van der Waals surface area (Å²) in [7, 11) is 0. The number of benzene rings is 3. The molecule has 0 unspecified atom stereocenters. The number of hydrogen-bond acceptors (Lipinski definition) is 2. The van der Waals surface area contributed by atoms with Gasteiger partial charge in [0.15, 0.2) is 0 Å². The lowest BCUT2D eigenvalue weighted by molar-refractivity contribution is 1.08. The van der Waals surface area contributed by atoms with Crippen LogP contribution in [0.3, 0.4) is 0 Å². The van der Waals surface area contributed by atoms with Gasteiger partial charge in [-0.2, -0.15) is 0 Å². The van der Waals surface area contributed by atoms with Crippen molar-refractivity contribution in [2.24, 2.45) is 0 Å². The summed E-state index contributed by atoms with van der Waals surface area (Å²) in [4.78, 5) is 0. The van der Waals surface area contributed by atoms with Gasteiger partial charge in [0.25, 0.3) is 0 Å². The minimum atomic E-state index is 0.921. The predicted molar refractivity (Wildman–Crippen MR) is 99.9 cm³/mol. The molecule has 0 spiro atoms. The van der Waals surface area contributed by atoms with Gasteiger partial charge in [-0.05, 0) is 31.0 Å². The molecule has 0 N–H and O–H groups in total. The van der Waals surface area contributed by atoms with Crippen molar-refractivity contribution in [3.63, 3.8) is 0 Å². The fourth-order valence-corrected chi connectivity index (χ4v) is 3.22. The maximum atomic E-state index is 4.59. The minimum absolute atomic E-state index is 0.921. The van der Waals surface area contributed by atoms with Crippen molar-refractivity contribution in [3.8, 4) is 22.4 Å². The first-order chi connectivity index (χ1) is 11.7. The van der Waals surface area contributed by atoms with E-state index < -0.39 is 0 Å². The molecule has 0 aliphatic carbocycles. The van der Waals surface area contributed by atoms with Crippen LogP contribution in [0, 0.1) is 13.8 Å². The number of fused-ring (bicyclic) bond motifs is 1. The molecule has 1 heterocycles. The van der Waals surface area contributed by atoms with Crippen molar-refractivity contribution in [3.05, 3.63) is 83.9 Å². The predicted octanol–water partition coefficient (Wildman–Crippen LogP) is 5.58. The maximum absolute atomic E-state index is 4.59. The van der Waals surface area contributed by atoms with Crippen molar-refractivity contribution >= 4 is 10.9 Å². The van der Waals surface area contributed by atoms with Crippen molar-refractivity contribution in [2.75, 3.05) is 0 Å². The van der Waals surface area contributed by atoms with E-state index in [-0.39, 0.29) is 0 Å². The zero-order chi connectivity index (χ0) is 16.5. The molecule has 3 aromatic carbocycles. The van der Waals surface area contributed by atoms with Gasteiger partial charge >= 0.3 is 0 Å². The van der Waals surface area contributed by atoms with Gasteiger partial charge in [0, 0.05) is 16.5 Å². The molecule has 0 amide bonds. The summed E-state index contributed by atoms with van der Waals surface area (Å²) in [6, 6.07) is 25.1. The first kappa shape index (κ1) is 14.6. The quantitative estimate of drug-likeness (QED) is 0.483.